The number of amides is 1. The van der Waals surface area contributed by atoms with E-state index in [9.17, 15) is 22.8 Å². The highest BCUT2D eigenvalue weighted by atomic mass is 35.5. The highest BCUT2D eigenvalue weighted by Gasteiger charge is 2.32. The largest absolute Gasteiger partial charge is 0.495 e. The number of carbonyl (C=O) groups is 2. The number of hydrogen-bond donors (Lipinski definition) is 2. The molecule has 0 unspecified atom stereocenters. The summed E-state index contributed by atoms with van der Waals surface area (Å²) in [5, 5.41) is 10.9. The van der Waals surface area contributed by atoms with Gasteiger partial charge in [-0.2, -0.15) is 13.2 Å². The third-order valence-corrected chi connectivity index (χ3v) is 3.56. The number of carboxylic acid groups (broad SMARTS) is 1. The van der Waals surface area contributed by atoms with Crippen molar-refractivity contribution in [3.05, 3.63) is 58.1 Å². The first-order chi connectivity index (χ1) is 11.6. The van der Waals surface area contributed by atoms with Gasteiger partial charge in [0.05, 0.1) is 23.4 Å². The molecule has 0 aliphatic rings. The quantitative estimate of drug-likeness (QED) is 0.762. The lowest BCUT2D eigenvalue weighted by molar-refractivity contribution is -0.137. The van der Waals surface area contributed by atoms with E-state index in [1.807, 2.05) is 5.32 Å². The zero-order chi connectivity index (χ0) is 18.8. The average Bonchev–Trinajstić information content (AvgIpc) is 2.53. The smallest absolute Gasteiger partial charge is 0.416 e. The summed E-state index contributed by atoms with van der Waals surface area (Å²) < 4.78 is 43.7. The van der Waals surface area contributed by atoms with Gasteiger partial charge in [-0.3, -0.25) is 10.1 Å². The van der Waals surface area contributed by atoms with Crippen molar-refractivity contribution in [1.29, 1.82) is 0 Å². The standard InChI is InChI=1S/C16H11ClF3NO4/c1-25-13-6-8(2-4-11(13)17)14(22)10-7-9(16(18,19)20)3-5-12(10)21-15(23)24/h2-7,21H,1H3,(H,23,24). The predicted octanol–water partition coefficient (Wildman–Crippen LogP) is 4.69. The maximum Gasteiger partial charge on any atom is 0.416 e. The van der Waals surface area contributed by atoms with Crippen molar-refractivity contribution in [1.82, 2.24) is 0 Å². The van der Waals surface area contributed by atoms with Crippen molar-refractivity contribution in [2.45, 2.75) is 6.18 Å². The third-order valence-electron chi connectivity index (χ3n) is 3.25. The summed E-state index contributed by atoms with van der Waals surface area (Å²) in [5.41, 5.74) is -1.79. The Morgan fingerprint density at radius 1 is 1.16 bits per heavy atom. The topological polar surface area (TPSA) is 75.6 Å². The number of ketones is 1. The van der Waals surface area contributed by atoms with E-state index >= 15 is 0 Å². The summed E-state index contributed by atoms with van der Waals surface area (Å²) in [4.78, 5) is 23.4. The Balaban J connectivity index is 2.57. The van der Waals surface area contributed by atoms with Gasteiger partial charge < -0.3 is 9.84 Å². The van der Waals surface area contributed by atoms with Crippen LogP contribution in [0.3, 0.4) is 0 Å². The van der Waals surface area contributed by atoms with Crippen LogP contribution in [-0.2, 0) is 6.18 Å². The number of carbonyl (C=O) groups excluding carboxylic acids is 1. The molecule has 0 spiro atoms. The minimum absolute atomic E-state index is 0.00554. The molecular formula is C16H11ClF3NO4. The van der Waals surface area contributed by atoms with Crippen LogP contribution >= 0.6 is 11.6 Å². The molecule has 2 aromatic rings. The molecule has 0 heterocycles. The molecule has 1 amide bonds. The van der Waals surface area contributed by atoms with Gasteiger partial charge in [-0.05, 0) is 36.4 Å². The number of halogens is 4. The number of anilines is 1. The van der Waals surface area contributed by atoms with Crippen LogP contribution in [0, 0.1) is 0 Å². The molecule has 0 bridgehead atoms. The first-order valence-electron chi connectivity index (χ1n) is 6.73. The number of rotatable bonds is 4. The van der Waals surface area contributed by atoms with Gasteiger partial charge in [0.15, 0.2) is 5.78 Å². The van der Waals surface area contributed by atoms with E-state index in [1.54, 1.807) is 0 Å². The Labute approximate surface area is 145 Å². The zero-order valence-electron chi connectivity index (χ0n) is 12.6. The van der Waals surface area contributed by atoms with Crippen LogP contribution in [-0.4, -0.2) is 24.1 Å². The fourth-order valence-electron chi connectivity index (χ4n) is 2.09. The summed E-state index contributed by atoms with van der Waals surface area (Å²) in [6.07, 6.45) is -6.20. The molecule has 2 aromatic carbocycles. The van der Waals surface area contributed by atoms with E-state index in [4.69, 9.17) is 21.4 Å². The van der Waals surface area contributed by atoms with E-state index in [1.165, 1.54) is 25.3 Å². The van der Waals surface area contributed by atoms with Crippen molar-refractivity contribution < 1.29 is 32.6 Å². The Hall–Kier alpha value is -2.74. The highest BCUT2D eigenvalue weighted by molar-refractivity contribution is 6.32. The maximum atomic E-state index is 12.9. The van der Waals surface area contributed by atoms with Gasteiger partial charge in [0.25, 0.3) is 0 Å². The van der Waals surface area contributed by atoms with Crippen molar-refractivity contribution in [3.63, 3.8) is 0 Å². The Morgan fingerprint density at radius 3 is 2.40 bits per heavy atom. The Kier molecular flexibility index (Phi) is 5.22. The first-order valence-corrected chi connectivity index (χ1v) is 7.10. The number of ether oxygens (including phenoxy) is 1. The monoisotopic (exact) mass is 373 g/mol. The lowest BCUT2D eigenvalue weighted by Crippen LogP contribution is -2.15. The first kappa shape index (κ1) is 18.6. The summed E-state index contributed by atoms with van der Waals surface area (Å²) in [6, 6.07) is 6.08. The predicted molar refractivity (Wildman–Crippen MR) is 84.5 cm³/mol. The molecule has 0 radical (unpaired) electrons. The zero-order valence-corrected chi connectivity index (χ0v) is 13.4. The molecule has 0 saturated heterocycles. The Bertz CT molecular complexity index is 837. The van der Waals surface area contributed by atoms with Crippen molar-refractivity contribution in [2.24, 2.45) is 0 Å². The molecule has 2 rings (SSSR count). The molecule has 0 aliphatic heterocycles. The number of alkyl halides is 3. The van der Waals surface area contributed by atoms with Gasteiger partial charge >= 0.3 is 12.3 Å². The molecule has 0 atom stereocenters. The van der Waals surface area contributed by atoms with Crippen LogP contribution in [0.4, 0.5) is 23.7 Å². The van der Waals surface area contributed by atoms with Crippen molar-refractivity contribution in [3.8, 4) is 5.75 Å². The van der Waals surface area contributed by atoms with E-state index in [-0.39, 0.29) is 22.0 Å². The fraction of sp³-hybridized carbons (Fsp3) is 0.125. The molecule has 0 aromatic heterocycles. The molecule has 25 heavy (non-hydrogen) atoms. The van der Waals surface area contributed by atoms with Crippen LogP contribution in [0.25, 0.3) is 0 Å². The molecule has 132 valence electrons. The van der Waals surface area contributed by atoms with Crippen LogP contribution in [0.5, 0.6) is 5.75 Å². The SMILES string of the molecule is COc1cc(C(=O)c2cc(C(F)(F)F)ccc2NC(=O)O)ccc1Cl. The van der Waals surface area contributed by atoms with Crippen LogP contribution in [0.2, 0.25) is 5.02 Å². The number of methoxy groups -OCH3 is 1. The fourth-order valence-corrected chi connectivity index (χ4v) is 2.28. The average molecular weight is 374 g/mol. The molecule has 5 nitrogen and oxygen atoms in total. The molecule has 0 fully saturated rings. The number of nitrogens with one attached hydrogen (secondary N) is 1. The second kappa shape index (κ2) is 7.02. The second-order valence-electron chi connectivity index (χ2n) is 4.87. The summed E-state index contributed by atoms with van der Waals surface area (Å²) in [6.45, 7) is 0. The van der Waals surface area contributed by atoms with Gasteiger partial charge in [0.2, 0.25) is 0 Å². The summed E-state index contributed by atoms with van der Waals surface area (Å²) in [7, 11) is 1.32. The van der Waals surface area contributed by atoms with E-state index in [0.29, 0.717) is 12.1 Å². The summed E-state index contributed by atoms with van der Waals surface area (Å²) in [5.74, 6) is -0.656. The number of benzene rings is 2. The highest BCUT2D eigenvalue weighted by Crippen LogP contribution is 2.33. The van der Waals surface area contributed by atoms with E-state index < -0.39 is 29.2 Å². The van der Waals surface area contributed by atoms with Crippen molar-refractivity contribution >= 4 is 29.2 Å². The minimum atomic E-state index is -4.69. The Morgan fingerprint density at radius 2 is 1.84 bits per heavy atom. The van der Waals surface area contributed by atoms with Crippen LogP contribution < -0.4 is 10.1 Å². The van der Waals surface area contributed by atoms with Gasteiger partial charge in [0.1, 0.15) is 5.75 Å². The summed E-state index contributed by atoms with van der Waals surface area (Å²) >= 11 is 5.86. The van der Waals surface area contributed by atoms with Gasteiger partial charge in [-0.1, -0.05) is 11.6 Å². The van der Waals surface area contributed by atoms with Crippen LogP contribution in [0.1, 0.15) is 21.5 Å². The maximum absolute atomic E-state index is 12.9. The lowest BCUT2D eigenvalue weighted by atomic mass is 9.99. The second-order valence-corrected chi connectivity index (χ2v) is 5.27. The van der Waals surface area contributed by atoms with Gasteiger partial charge in [-0.15, -0.1) is 0 Å². The van der Waals surface area contributed by atoms with Gasteiger partial charge in [-0.25, -0.2) is 4.79 Å². The number of hydrogen-bond acceptors (Lipinski definition) is 3. The third kappa shape index (κ3) is 4.21. The normalized spacial score (nSPS) is 11.1. The molecule has 2 N–H and O–H groups in total. The van der Waals surface area contributed by atoms with Crippen LogP contribution in [0.15, 0.2) is 36.4 Å². The molecule has 0 aliphatic carbocycles. The lowest BCUT2D eigenvalue weighted by Gasteiger charge is -2.13. The molecular weight excluding hydrogens is 363 g/mol. The molecule has 0 saturated carbocycles. The van der Waals surface area contributed by atoms with E-state index in [2.05, 4.69) is 0 Å². The van der Waals surface area contributed by atoms with E-state index in [0.717, 1.165) is 6.07 Å². The minimum Gasteiger partial charge on any atom is -0.495 e. The molecule has 9 heteroatoms. The van der Waals surface area contributed by atoms with Gasteiger partial charge in [0, 0.05) is 11.1 Å². The van der Waals surface area contributed by atoms with Crippen molar-refractivity contribution in [2.75, 3.05) is 12.4 Å².